The number of nitro benzene ring substituents is 1. The fourth-order valence-electron chi connectivity index (χ4n) is 8.57. The van der Waals surface area contributed by atoms with E-state index in [1.807, 2.05) is 122 Å². The molecule has 0 unspecified atom stereocenters. The highest BCUT2D eigenvalue weighted by Gasteiger charge is 2.39. The van der Waals surface area contributed by atoms with Crippen LogP contribution in [0.5, 0.6) is 0 Å². The minimum absolute atomic E-state index is 0.0124. The van der Waals surface area contributed by atoms with Crippen molar-refractivity contribution in [1.29, 1.82) is 0 Å². The molecule has 0 bridgehead atoms. The molecule has 5 atom stereocenters. The van der Waals surface area contributed by atoms with E-state index in [2.05, 4.69) is 26.8 Å². The van der Waals surface area contributed by atoms with Gasteiger partial charge in [-0.2, -0.15) is 4.72 Å². The third-order valence-corrected chi connectivity index (χ3v) is 14.0. The van der Waals surface area contributed by atoms with E-state index >= 15 is 0 Å². The van der Waals surface area contributed by atoms with E-state index in [1.165, 1.54) is 12.1 Å². The first-order valence-corrected chi connectivity index (χ1v) is 23.7. The zero-order valence-electron chi connectivity index (χ0n) is 37.0. The Morgan fingerprint density at radius 1 is 0.773 bits per heavy atom. The fraction of sp³-hybridized carbons (Fsp3) is 0.288. The van der Waals surface area contributed by atoms with Gasteiger partial charge in [-0.3, -0.25) is 19.8 Å². The fourth-order valence-corrected chi connectivity index (χ4v) is 9.77. The Labute approximate surface area is 386 Å². The van der Waals surface area contributed by atoms with Crippen LogP contribution in [0.2, 0.25) is 0 Å². The highest BCUT2D eigenvalue weighted by Crippen LogP contribution is 2.42. The standard InChI is InChI=1S/C52H55N5O8S/c1-36-11-25-47(26-12-36)66(62,63)54-48(32-38-7-4-3-5-8-38)51(59)53-33-40-9-6-10-44(31-40)41-17-19-43(20-18-41)52-64-49(37(2)50(65-52)42-15-13-39(35-58)14-16-42)34-55-27-29-56(30-28-55)45-21-23-46(24-22-45)57(60)61/h3-26,31,37,48-50,52,54,58H,27-30,32-35H2,1-2H3,(H,53,59)/t37-,48-,49+,50+,52+/m1/s1. The molecule has 0 spiro atoms. The number of hydrogen-bond donors (Lipinski definition) is 3. The summed E-state index contributed by atoms with van der Waals surface area (Å²) < 4.78 is 43.0. The van der Waals surface area contributed by atoms with Crippen LogP contribution in [-0.2, 0) is 43.9 Å². The van der Waals surface area contributed by atoms with E-state index in [-0.39, 0.29) is 53.2 Å². The summed E-state index contributed by atoms with van der Waals surface area (Å²) in [5, 5.41) is 23.9. The Kier molecular flexibility index (Phi) is 14.7. The summed E-state index contributed by atoms with van der Waals surface area (Å²) in [5.74, 6) is -0.421. The zero-order chi connectivity index (χ0) is 46.2. The number of non-ortho nitro benzene ring substituents is 1. The van der Waals surface area contributed by atoms with Crippen LogP contribution in [0.4, 0.5) is 11.4 Å². The predicted molar refractivity (Wildman–Crippen MR) is 254 cm³/mol. The number of nitrogens with zero attached hydrogens (tertiary/aromatic N) is 3. The third-order valence-electron chi connectivity index (χ3n) is 12.5. The average molecular weight is 910 g/mol. The molecule has 14 heteroatoms. The monoisotopic (exact) mass is 909 g/mol. The van der Waals surface area contributed by atoms with Crippen LogP contribution in [0, 0.1) is 23.0 Å². The van der Waals surface area contributed by atoms with Crippen molar-refractivity contribution in [1.82, 2.24) is 14.9 Å². The van der Waals surface area contributed by atoms with Gasteiger partial charge in [-0.05, 0) is 77.1 Å². The predicted octanol–water partition coefficient (Wildman–Crippen LogP) is 7.88. The number of aryl methyl sites for hydroxylation is 1. The number of benzene rings is 6. The number of ether oxygens (including phenoxy) is 2. The highest BCUT2D eigenvalue weighted by atomic mass is 32.2. The Bertz CT molecular complexity index is 2680. The SMILES string of the molecule is Cc1ccc(S(=O)(=O)N[C@H](Cc2ccccc2)C(=O)NCc2cccc(-c3ccc([C@H]4O[C@@H](CN5CCN(c6ccc([N+](=O)[O-])cc6)CC5)[C@@H](C)[C@@H](c5ccc(CO)cc5)O4)cc3)c2)cc1. The number of aliphatic hydroxyl groups is 1. The van der Waals surface area contributed by atoms with Gasteiger partial charge in [-0.25, -0.2) is 8.42 Å². The van der Waals surface area contributed by atoms with Gasteiger partial charge >= 0.3 is 0 Å². The van der Waals surface area contributed by atoms with Gasteiger partial charge in [-0.1, -0.05) is 122 Å². The van der Waals surface area contributed by atoms with E-state index in [0.29, 0.717) is 6.54 Å². The number of rotatable bonds is 16. The normalized spacial score (nSPS) is 19.5. The summed E-state index contributed by atoms with van der Waals surface area (Å²) in [7, 11) is -3.98. The van der Waals surface area contributed by atoms with Crippen molar-refractivity contribution < 1.29 is 32.7 Å². The molecule has 8 rings (SSSR count). The summed E-state index contributed by atoms with van der Waals surface area (Å²) in [4.78, 5) is 29.3. The molecule has 2 fully saturated rings. The van der Waals surface area contributed by atoms with Gasteiger partial charge < -0.3 is 24.8 Å². The molecule has 6 aromatic carbocycles. The lowest BCUT2D eigenvalue weighted by Crippen LogP contribution is -2.51. The lowest BCUT2D eigenvalue weighted by Gasteiger charge is -2.44. The molecule has 0 aromatic heterocycles. The van der Waals surface area contributed by atoms with Gasteiger partial charge in [0, 0.05) is 68.6 Å². The number of anilines is 1. The molecule has 2 aliphatic heterocycles. The number of carbonyl (C=O) groups excluding carboxylic acids is 1. The highest BCUT2D eigenvalue weighted by molar-refractivity contribution is 7.89. The van der Waals surface area contributed by atoms with E-state index in [1.54, 1.807) is 24.3 Å². The van der Waals surface area contributed by atoms with Crippen LogP contribution >= 0.6 is 0 Å². The lowest BCUT2D eigenvalue weighted by molar-refractivity contribution is -0.384. The Balaban J connectivity index is 0.940. The van der Waals surface area contributed by atoms with Crippen LogP contribution in [0.3, 0.4) is 0 Å². The second kappa shape index (κ2) is 20.9. The number of amides is 1. The first kappa shape index (κ1) is 46.3. The molecule has 2 heterocycles. The molecule has 2 aliphatic rings. The first-order chi connectivity index (χ1) is 31.9. The number of carbonyl (C=O) groups is 1. The van der Waals surface area contributed by atoms with Crippen molar-refractivity contribution in [2.75, 3.05) is 37.6 Å². The van der Waals surface area contributed by atoms with Crippen molar-refractivity contribution in [3.05, 3.63) is 195 Å². The maximum atomic E-state index is 13.7. The number of nitrogens with one attached hydrogen (secondary N) is 2. The minimum Gasteiger partial charge on any atom is -0.392 e. The number of sulfonamides is 1. The summed E-state index contributed by atoms with van der Waals surface area (Å²) >= 11 is 0. The largest absolute Gasteiger partial charge is 0.392 e. The van der Waals surface area contributed by atoms with Crippen molar-refractivity contribution in [2.45, 2.75) is 62.9 Å². The smallest absolute Gasteiger partial charge is 0.269 e. The van der Waals surface area contributed by atoms with E-state index in [9.17, 15) is 28.4 Å². The van der Waals surface area contributed by atoms with Crippen molar-refractivity contribution >= 4 is 27.3 Å². The molecule has 3 N–H and O–H groups in total. The molecule has 2 saturated heterocycles. The summed E-state index contributed by atoms with van der Waals surface area (Å²) in [6, 6.07) is 45.4. The van der Waals surface area contributed by atoms with Gasteiger partial charge in [0.2, 0.25) is 15.9 Å². The Morgan fingerprint density at radius 2 is 1.44 bits per heavy atom. The molecular formula is C52H55N5O8S. The van der Waals surface area contributed by atoms with Crippen LogP contribution in [0.1, 0.15) is 52.7 Å². The van der Waals surface area contributed by atoms with Crippen LogP contribution in [0.15, 0.2) is 157 Å². The average Bonchev–Trinajstić information content (AvgIpc) is 3.34. The molecule has 13 nitrogen and oxygen atoms in total. The zero-order valence-corrected chi connectivity index (χ0v) is 37.8. The number of piperazine rings is 1. The summed E-state index contributed by atoms with van der Waals surface area (Å²) in [6.07, 6.45) is -0.885. The first-order valence-electron chi connectivity index (χ1n) is 22.2. The summed E-state index contributed by atoms with van der Waals surface area (Å²) in [6.45, 7) is 8.08. The van der Waals surface area contributed by atoms with E-state index in [4.69, 9.17) is 9.47 Å². The van der Waals surface area contributed by atoms with Gasteiger partial charge in [0.1, 0.15) is 6.04 Å². The maximum absolute atomic E-state index is 13.7. The van der Waals surface area contributed by atoms with Crippen molar-refractivity contribution in [3.63, 3.8) is 0 Å². The van der Waals surface area contributed by atoms with Crippen LogP contribution in [0.25, 0.3) is 11.1 Å². The molecular weight excluding hydrogens is 855 g/mol. The third kappa shape index (κ3) is 11.4. The van der Waals surface area contributed by atoms with Gasteiger partial charge in [0.25, 0.3) is 5.69 Å². The molecule has 0 aliphatic carbocycles. The number of nitro groups is 1. The molecule has 0 radical (unpaired) electrons. The van der Waals surface area contributed by atoms with Crippen LogP contribution < -0.4 is 14.9 Å². The van der Waals surface area contributed by atoms with Crippen molar-refractivity contribution in [3.8, 4) is 11.1 Å². The Morgan fingerprint density at radius 3 is 2.11 bits per heavy atom. The van der Waals surface area contributed by atoms with E-state index in [0.717, 1.165) is 76.4 Å². The topological polar surface area (TPSA) is 164 Å². The molecule has 1 amide bonds. The van der Waals surface area contributed by atoms with E-state index < -0.39 is 28.3 Å². The minimum atomic E-state index is -3.98. The van der Waals surface area contributed by atoms with Gasteiger partial charge in [-0.15, -0.1) is 0 Å². The quantitative estimate of drug-likeness (QED) is 0.0643. The second-order valence-corrected chi connectivity index (χ2v) is 18.8. The molecule has 0 saturated carbocycles. The molecule has 342 valence electrons. The number of aliphatic hydroxyl groups excluding tert-OH is 1. The molecule has 6 aromatic rings. The van der Waals surface area contributed by atoms with Crippen molar-refractivity contribution in [2.24, 2.45) is 5.92 Å². The van der Waals surface area contributed by atoms with Crippen LogP contribution in [-0.4, -0.2) is 74.1 Å². The van der Waals surface area contributed by atoms with Gasteiger partial charge in [0.15, 0.2) is 6.29 Å². The Hall–Kier alpha value is -6.26. The second-order valence-electron chi connectivity index (χ2n) is 17.1. The lowest BCUT2D eigenvalue weighted by atomic mass is 9.89. The number of hydrogen-bond acceptors (Lipinski definition) is 10. The van der Waals surface area contributed by atoms with Gasteiger partial charge in [0.05, 0.1) is 28.6 Å². The summed E-state index contributed by atoms with van der Waals surface area (Å²) in [5.41, 5.74) is 8.27. The molecule has 66 heavy (non-hydrogen) atoms. The maximum Gasteiger partial charge on any atom is 0.269 e.